The van der Waals surface area contributed by atoms with Gasteiger partial charge < -0.3 is 4.43 Å². The average Bonchev–Trinajstić information content (AvgIpc) is 2.04. The van der Waals surface area contributed by atoms with E-state index in [1.54, 1.807) is 0 Å². The van der Waals surface area contributed by atoms with Crippen LogP contribution in [0.15, 0.2) is 0 Å². The van der Waals surface area contributed by atoms with Crippen LogP contribution in [0.5, 0.6) is 0 Å². The zero-order valence-electron chi connectivity index (χ0n) is 8.44. The number of hydrogen-bond donors (Lipinski definition) is 0. The molecule has 0 aromatic rings. The van der Waals surface area contributed by atoms with Crippen molar-refractivity contribution in [3.05, 3.63) is 0 Å². The Balaban J connectivity index is 3.96. The zero-order chi connectivity index (χ0) is 8.74. The number of rotatable bonds is 6. The maximum atomic E-state index is 5.71. The van der Waals surface area contributed by atoms with Crippen LogP contribution in [0.2, 0.25) is 0 Å². The molecule has 0 rings (SSSR count). The van der Waals surface area contributed by atoms with Gasteiger partial charge in [-0.1, -0.05) is 33.6 Å². The Hall–Kier alpha value is 0.177. The highest BCUT2D eigenvalue weighted by Crippen LogP contribution is 2.26. The van der Waals surface area contributed by atoms with E-state index in [-0.39, 0.29) is 5.60 Å². The normalized spacial score (nSPS) is 12.3. The minimum Gasteiger partial charge on any atom is -0.422 e. The summed E-state index contributed by atoms with van der Waals surface area (Å²) in [6.07, 6.45) is 6.14. The van der Waals surface area contributed by atoms with Crippen molar-refractivity contribution >= 4 is 10.5 Å². The SMILES string of the molecule is CCCC(CC)(CCC)O[SiH3]. The van der Waals surface area contributed by atoms with Crippen molar-refractivity contribution in [2.45, 2.75) is 58.5 Å². The van der Waals surface area contributed by atoms with Crippen LogP contribution in [0.25, 0.3) is 0 Å². The second-order valence-electron chi connectivity index (χ2n) is 3.24. The molecule has 0 aliphatic carbocycles. The molecule has 0 atom stereocenters. The highest BCUT2D eigenvalue weighted by Gasteiger charge is 2.24. The van der Waals surface area contributed by atoms with Gasteiger partial charge in [-0.15, -0.1) is 0 Å². The van der Waals surface area contributed by atoms with E-state index in [0.29, 0.717) is 0 Å². The highest BCUT2D eigenvalue weighted by atomic mass is 28.2. The van der Waals surface area contributed by atoms with Crippen LogP contribution >= 0.6 is 0 Å². The third kappa shape index (κ3) is 3.39. The van der Waals surface area contributed by atoms with Gasteiger partial charge in [0.15, 0.2) is 0 Å². The molecule has 0 aromatic carbocycles. The van der Waals surface area contributed by atoms with E-state index in [4.69, 9.17) is 4.43 Å². The molecule has 0 aromatic heterocycles. The van der Waals surface area contributed by atoms with E-state index in [0.717, 1.165) is 10.5 Å². The fourth-order valence-corrected chi connectivity index (χ4v) is 2.44. The summed E-state index contributed by atoms with van der Waals surface area (Å²) in [6.45, 7) is 6.71. The molecule has 0 aliphatic heterocycles. The molecular weight excluding hydrogens is 152 g/mol. The van der Waals surface area contributed by atoms with E-state index in [9.17, 15) is 0 Å². The van der Waals surface area contributed by atoms with E-state index in [1.807, 2.05) is 0 Å². The predicted octanol–water partition coefficient (Wildman–Crippen LogP) is 2.03. The molecule has 0 saturated carbocycles. The van der Waals surface area contributed by atoms with Gasteiger partial charge in [-0.05, 0) is 19.3 Å². The van der Waals surface area contributed by atoms with Gasteiger partial charge in [0.1, 0.15) is 10.5 Å². The fourth-order valence-electron chi connectivity index (χ4n) is 1.74. The summed E-state index contributed by atoms with van der Waals surface area (Å²) in [5, 5.41) is 0. The van der Waals surface area contributed by atoms with Crippen molar-refractivity contribution < 1.29 is 4.43 Å². The molecule has 0 bridgehead atoms. The van der Waals surface area contributed by atoms with E-state index in [1.165, 1.54) is 32.1 Å². The molecule has 0 heterocycles. The topological polar surface area (TPSA) is 9.23 Å². The van der Waals surface area contributed by atoms with Crippen LogP contribution in [0.1, 0.15) is 52.9 Å². The molecule has 11 heavy (non-hydrogen) atoms. The van der Waals surface area contributed by atoms with Gasteiger partial charge in [-0.3, -0.25) is 0 Å². The lowest BCUT2D eigenvalue weighted by atomic mass is 9.90. The van der Waals surface area contributed by atoms with Crippen LogP contribution in [0.3, 0.4) is 0 Å². The fraction of sp³-hybridized carbons (Fsp3) is 1.00. The van der Waals surface area contributed by atoms with Gasteiger partial charge in [0.05, 0.1) is 5.60 Å². The maximum absolute atomic E-state index is 5.71. The van der Waals surface area contributed by atoms with Crippen molar-refractivity contribution in [2.24, 2.45) is 0 Å². The Morgan fingerprint density at radius 3 is 1.73 bits per heavy atom. The lowest BCUT2D eigenvalue weighted by Crippen LogP contribution is -2.30. The molecule has 68 valence electrons. The highest BCUT2D eigenvalue weighted by molar-refractivity contribution is 5.98. The first kappa shape index (κ1) is 11.2. The Kier molecular flexibility index (Phi) is 5.87. The van der Waals surface area contributed by atoms with Crippen molar-refractivity contribution in [1.29, 1.82) is 0 Å². The molecule has 0 radical (unpaired) electrons. The third-order valence-electron chi connectivity index (χ3n) is 2.49. The Bertz CT molecular complexity index is 81.6. The van der Waals surface area contributed by atoms with Crippen molar-refractivity contribution in [2.75, 3.05) is 0 Å². The summed E-state index contributed by atoms with van der Waals surface area (Å²) in [5.74, 6) is 0. The first-order valence-electron chi connectivity index (χ1n) is 4.79. The first-order valence-corrected chi connectivity index (χ1v) is 5.61. The predicted molar refractivity (Wildman–Crippen MR) is 53.9 cm³/mol. The quantitative estimate of drug-likeness (QED) is 0.560. The molecule has 0 fully saturated rings. The summed E-state index contributed by atoms with van der Waals surface area (Å²) in [4.78, 5) is 0. The van der Waals surface area contributed by atoms with Crippen LogP contribution in [-0.2, 0) is 4.43 Å². The first-order chi connectivity index (χ1) is 5.24. The van der Waals surface area contributed by atoms with Gasteiger partial charge in [-0.2, -0.15) is 0 Å². The summed E-state index contributed by atoms with van der Waals surface area (Å²) in [5.41, 5.74) is 0.246. The van der Waals surface area contributed by atoms with E-state index in [2.05, 4.69) is 20.8 Å². The standard InChI is InChI=1S/C9H22OSi/c1-4-7-9(6-3,10-11)8-5-2/h4-8H2,1-3,11H3. The van der Waals surface area contributed by atoms with Gasteiger partial charge in [0, 0.05) is 0 Å². The van der Waals surface area contributed by atoms with E-state index >= 15 is 0 Å². The zero-order valence-corrected chi connectivity index (χ0v) is 10.4. The molecule has 1 nitrogen and oxygen atoms in total. The van der Waals surface area contributed by atoms with Crippen molar-refractivity contribution in [1.82, 2.24) is 0 Å². The summed E-state index contributed by atoms with van der Waals surface area (Å²) < 4.78 is 5.71. The third-order valence-corrected chi connectivity index (χ3v) is 3.35. The molecule has 0 spiro atoms. The van der Waals surface area contributed by atoms with Crippen molar-refractivity contribution in [3.8, 4) is 0 Å². The largest absolute Gasteiger partial charge is 0.422 e. The van der Waals surface area contributed by atoms with Crippen molar-refractivity contribution in [3.63, 3.8) is 0 Å². The van der Waals surface area contributed by atoms with Gasteiger partial charge in [0.25, 0.3) is 0 Å². The maximum Gasteiger partial charge on any atom is 0.146 e. The summed E-state index contributed by atoms with van der Waals surface area (Å²) in [6, 6.07) is 0. The Morgan fingerprint density at radius 2 is 1.55 bits per heavy atom. The van der Waals surface area contributed by atoms with Gasteiger partial charge in [-0.25, -0.2) is 0 Å². The molecule has 0 amide bonds. The van der Waals surface area contributed by atoms with Crippen LogP contribution in [0.4, 0.5) is 0 Å². The average molecular weight is 174 g/mol. The molecule has 2 heteroatoms. The molecule has 0 unspecified atom stereocenters. The molecule has 0 N–H and O–H groups in total. The minimum absolute atomic E-state index is 0.246. The molecule has 0 saturated heterocycles. The smallest absolute Gasteiger partial charge is 0.146 e. The summed E-state index contributed by atoms with van der Waals surface area (Å²) >= 11 is 0. The van der Waals surface area contributed by atoms with E-state index < -0.39 is 0 Å². The second kappa shape index (κ2) is 5.78. The lowest BCUT2D eigenvalue weighted by molar-refractivity contribution is 0.0544. The van der Waals surface area contributed by atoms with Crippen LogP contribution in [0, 0.1) is 0 Å². The van der Waals surface area contributed by atoms with Crippen LogP contribution in [-0.4, -0.2) is 16.1 Å². The Labute approximate surface area is 74.1 Å². The summed E-state index contributed by atoms with van der Waals surface area (Å²) in [7, 11) is 0.884. The number of hydrogen-bond acceptors (Lipinski definition) is 1. The monoisotopic (exact) mass is 174 g/mol. The lowest BCUT2D eigenvalue weighted by Gasteiger charge is -2.31. The second-order valence-corrected chi connectivity index (χ2v) is 3.65. The van der Waals surface area contributed by atoms with Crippen LogP contribution < -0.4 is 0 Å². The van der Waals surface area contributed by atoms with Gasteiger partial charge in [0.2, 0.25) is 0 Å². The minimum atomic E-state index is 0.246. The molecular formula is C9H22OSi. The Morgan fingerprint density at radius 1 is 1.09 bits per heavy atom. The van der Waals surface area contributed by atoms with Gasteiger partial charge >= 0.3 is 0 Å². The molecule has 0 aliphatic rings.